The molecule has 0 bridgehead atoms. The lowest BCUT2D eigenvalue weighted by Crippen LogP contribution is -2.30. The third-order valence-electron chi connectivity index (χ3n) is 7.93. The van der Waals surface area contributed by atoms with E-state index >= 15 is 0 Å². The predicted octanol–water partition coefficient (Wildman–Crippen LogP) is 9.49. The smallest absolute Gasteiger partial charge is 0.272 e. The van der Waals surface area contributed by atoms with Gasteiger partial charge >= 0.3 is 0 Å². The number of ether oxygens (including phenoxy) is 2. The SMILES string of the molecule is CCOc1ccc(/C=C(\NC(=O)c2ccccc2)C(=O)Nc2ccc(SC(C(=O)Nc3nc(-c4ccc(OCC)cc4)cs3)c3ccccc3)cc2)cc1. The summed E-state index contributed by atoms with van der Waals surface area (Å²) in [5, 5.41) is 10.5. The number of hydrogen-bond donors (Lipinski definition) is 3. The number of thioether (sulfide) groups is 1. The summed E-state index contributed by atoms with van der Waals surface area (Å²) in [6.07, 6.45) is 1.61. The third-order valence-corrected chi connectivity index (χ3v) is 9.96. The average molecular weight is 755 g/mol. The molecule has 1 unspecified atom stereocenters. The van der Waals surface area contributed by atoms with Crippen LogP contribution in [-0.2, 0) is 9.59 Å². The molecule has 0 saturated carbocycles. The van der Waals surface area contributed by atoms with Gasteiger partial charge in [-0.3, -0.25) is 14.4 Å². The number of hydrogen-bond acceptors (Lipinski definition) is 8. The Morgan fingerprint density at radius 2 is 1.35 bits per heavy atom. The Morgan fingerprint density at radius 3 is 1.98 bits per heavy atom. The molecule has 0 aliphatic rings. The molecule has 0 aliphatic carbocycles. The molecule has 3 amide bonds. The molecule has 3 N–H and O–H groups in total. The number of aromatic nitrogens is 1. The molecule has 0 radical (unpaired) electrons. The molecule has 0 spiro atoms. The predicted molar refractivity (Wildman–Crippen MR) is 217 cm³/mol. The first kappa shape index (κ1) is 37.6. The minimum atomic E-state index is -0.582. The Bertz CT molecular complexity index is 2190. The number of nitrogens with one attached hydrogen (secondary N) is 3. The van der Waals surface area contributed by atoms with Crippen LogP contribution in [0, 0.1) is 0 Å². The number of nitrogens with zero attached hydrogens (tertiary/aromatic N) is 1. The highest BCUT2D eigenvalue weighted by Gasteiger charge is 2.24. The molecule has 6 rings (SSSR count). The van der Waals surface area contributed by atoms with E-state index in [4.69, 9.17) is 9.47 Å². The Balaban J connectivity index is 1.15. The van der Waals surface area contributed by atoms with Gasteiger partial charge in [-0.25, -0.2) is 4.98 Å². The molecule has 0 aliphatic heterocycles. The van der Waals surface area contributed by atoms with E-state index in [1.807, 2.05) is 104 Å². The molecular weight excluding hydrogens is 717 g/mol. The summed E-state index contributed by atoms with van der Waals surface area (Å²) in [4.78, 5) is 45.9. The number of rotatable bonds is 15. The van der Waals surface area contributed by atoms with Gasteiger partial charge < -0.3 is 25.4 Å². The quantitative estimate of drug-likeness (QED) is 0.0706. The van der Waals surface area contributed by atoms with Crippen LogP contribution in [0.5, 0.6) is 11.5 Å². The molecule has 1 heterocycles. The Labute approximate surface area is 322 Å². The van der Waals surface area contributed by atoms with E-state index in [-0.39, 0.29) is 11.6 Å². The van der Waals surface area contributed by atoms with Crippen molar-refractivity contribution in [2.75, 3.05) is 23.8 Å². The standard InChI is InChI=1S/C43H38N4O5S2/c1-3-51-34-21-15-29(16-22-34)27-37(45-40(48)32-13-9-6-10-14-32)41(49)44-33-19-25-36(26-20-33)54-39(31-11-7-5-8-12-31)42(50)47-43-46-38(28-53-43)30-17-23-35(24-18-30)52-4-2/h5-28,39H,3-4H2,1-2H3,(H,44,49)(H,45,48)(H,46,47,50)/b37-27-. The van der Waals surface area contributed by atoms with Crippen molar-refractivity contribution in [3.8, 4) is 22.8 Å². The molecule has 11 heteroatoms. The van der Waals surface area contributed by atoms with Crippen LogP contribution in [-0.4, -0.2) is 35.9 Å². The van der Waals surface area contributed by atoms with Crippen molar-refractivity contribution in [3.05, 3.63) is 161 Å². The second kappa shape index (κ2) is 18.5. The maximum absolute atomic E-state index is 13.8. The highest BCUT2D eigenvalue weighted by molar-refractivity contribution is 8.00. The van der Waals surface area contributed by atoms with Crippen molar-refractivity contribution >= 4 is 57.7 Å². The summed E-state index contributed by atoms with van der Waals surface area (Å²) in [6.45, 7) is 4.97. The summed E-state index contributed by atoms with van der Waals surface area (Å²) in [7, 11) is 0. The normalized spacial score (nSPS) is 11.6. The number of carbonyl (C=O) groups excluding carboxylic acids is 3. The van der Waals surface area contributed by atoms with Crippen molar-refractivity contribution in [1.82, 2.24) is 10.3 Å². The van der Waals surface area contributed by atoms with Crippen molar-refractivity contribution in [2.45, 2.75) is 24.0 Å². The van der Waals surface area contributed by atoms with Gasteiger partial charge in [0.05, 0.1) is 18.9 Å². The zero-order valence-electron chi connectivity index (χ0n) is 29.7. The minimum Gasteiger partial charge on any atom is -0.494 e. The van der Waals surface area contributed by atoms with Crippen molar-refractivity contribution < 1.29 is 23.9 Å². The van der Waals surface area contributed by atoms with Crippen LogP contribution in [0.1, 0.15) is 40.6 Å². The summed E-state index contributed by atoms with van der Waals surface area (Å²) in [5.41, 5.74) is 4.23. The summed E-state index contributed by atoms with van der Waals surface area (Å²) >= 11 is 2.75. The van der Waals surface area contributed by atoms with E-state index in [0.717, 1.165) is 27.5 Å². The van der Waals surface area contributed by atoms with Crippen molar-refractivity contribution in [3.63, 3.8) is 0 Å². The zero-order valence-corrected chi connectivity index (χ0v) is 31.3. The molecule has 54 heavy (non-hydrogen) atoms. The van der Waals surface area contributed by atoms with Crippen LogP contribution < -0.4 is 25.4 Å². The van der Waals surface area contributed by atoms with E-state index in [1.165, 1.54) is 23.1 Å². The maximum atomic E-state index is 13.8. The van der Waals surface area contributed by atoms with Gasteiger partial charge in [0.15, 0.2) is 5.13 Å². The number of thiazole rings is 1. The first-order valence-electron chi connectivity index (χ1n) is 17.3. The first-order valence-corrected chi connectivity index (χ1v) is 19.1. The Morgan fingerprint density at radius 1 is 0.741 bits per heavy atom. The molecule has 0 fully saturated rings. The average Bonchev–Trinajstić information content (AvgIpc) is 3.67. The zero-order chi connectivity index (χ0) is 37.7. The summed E-state index contributed by atoms with van der Waals surface area (Å²) < 4.78 is 11.1. The maximum Gasteiger partial charge on any atom is 0.272 e. The summed E-state index contributed by atoms with van der Waals surface area (Å²) in [6, 6.07) is 40.4. The largest absolute Gasteiger partial charge is 0.494 e. The molecule has 9 nitrogen and oxygen atoms in total. The van der Waals surface area contributed by atoms with Crippen LogP contribution in [0.4, 0.5) is 10.8 Å². The lowest BCUT2D eigenvalue weighted by molar-refractivity contribution is -0.116. The lowest BCUT2D eigenvalue weighted by atomic mass is 10.1. The van der Waals surface area contributed by atoms with Gasteiger partial charge in [0, 0.05) is 27.1 Å². The fourth-order valence-corrected chi connectivity index (χ4v) is 7.06. The lowest BCUT2D eigenvalue weighted by Gasteiger charge is -2.17. The van der Waals surface area contributed by atoms with Gasteiger partial charge in [-0.15, -0.1) is 23.1 Å². The van der Waals surface area contributed by atoms with Crippen LogP contribution in [0.25, 0.3) is 17.3 Å². The number of amides is 3. The molecule has 0 saturated heterocycles. The van der Waals surface area contributed by atoms with Gasteiger partial charge in [-0.05, 0) is 104 Å². The monoisotopic (exact) mass is 754 g/mol. The fourth-order valence-electron chi connectivity index (χ4n) is 5.31. The van der Waals surface area contributed by atoms with E-state index in [1.54, 1.807) is 54.6 Å². The van der Waals surface area contributed by atoms with Gasteiger partial charge in [0.2, 0.25) is 5.91 Å². The van der Waals surface area contributed by atoms with E-state index in [9.17, 15) is 14.4 Å². The van der Waals surface area contributed by atoms with Crippen LogP contribution in [0.3, 0.4) is 0 Å². The Kier molecular flexibility index (Phi) is 12.9. The van der Waals surface area contributed by atoms with Crippen LogP contribution in [0.2, 0.25) is 0 Å². The van der Waals surface area contributed by atoms with Gasteiger partial charge in [-0.1, -0.05) is 60.7 Å². The van der Waals surface area contributed by atoms with Gasteiger partial charge in [0.1, 0.15) is 22.4 Å². The van der Waals surface area contributed by atoms with Crippen LogP contribution in [0.15, 0.2) is 149 Å². The third kappa shape index (κ3) is 10.2. The Hall–Kier alpha value is -6.17. The highest BCUT2D eigenvalue weighted by Crippen LogP contribution is 2.37. The molecule has 1 aromatic heterocycles. The first-order chi connectivity index (χ1) is 26.4. The second-order valence-corrected chi connectivity index (χ2v) is 13.8. The van der Waals surface area contributed by atoms with Crippen molar-refractivity contribution in [2.24, 2.45) is 0 Å². The van der Waals surface area contributed by atoms with E-state index in [0.29, 0.717) is 40.9 Å². The minimum absolute atomic E-state index is 0.0696. The number of carbonyl (C=O) groups is 3. The van der Waals surface area contributed by atoms with Crippen LogP contribution >= 0.6 is 23.1 Å². The van der Waals surface area contributed by atoms with E-state index in [2.05, 4.69) is 20.9 Å². The fraction of sp³-hybridized carbons (Fsp3) is 0.116. The molecule has 5 aromatic carbocycles. The van der Waals surface area contributed by atoms with E-state index < -0.39 is 17.1 Å². The summed E-state index contributed by atoms with van der Waals surface area (Å²) in [5.74, 6) is 0.371. The molecule has 272 valence electrons. The molecule has 6 aromatic rings. The number of benzene rings is 5. The van der Waals surface area contributed by atoms with Gasteiger partial charge in [0.25, 0.3) is 11.8 Å². The molecule has 1 atom stereocenters. The molecular formula is C43H38N4O5S2. The van der Waals surface area contributed by atoms with Crippen molar-refractivity contribution in [1.29, 1.82) is 0 Å². The number of anilines is 2. The van der Waals surface area contributed by atoms with Gasteiger partial charge in [-0.2, -0.15) is 0 Å². The topological polar surface area (TPSA) is 119 Å². The second-order valence-electron chi connectivity index (χ2n) is 11.8. The highest BCUT2D eigenvalue weighted by atomic mass is 32.2.